The van der Waals surface area contributed by atoms with Gasteiger partial charge in [-0.1, -0.05) is 13.8 Å². The number of anilines is 1. The largest absolute Gasteiger partial charge is 0.393 e. The van der Waals surface area contributed by atoms with Crippen molar-refractivity contribution < 1.29 is 14.7 Å². The van der Waals surface area contributed by atoms with Gasteiger partial charge in [0.2, 0.25) is 5.91 Å². The Morgan fingerprint density at radius 3 is 2.55 bits per heavy atom. The van der Waals surface area contributed by atoms with Crippen molar-refractivity contribution in [1.82, 2.24) is 5.32 Å². The fraction of sp³-hybridized carbons (Fsp3) is 0.529. The Morgan fingerprint density at radius 1 is 1.32 bits per heavy atom. The van der Waals surface area contributed by atoms with Crippen LogP contribution in [-0.4, -0.2) is 36.1 Å². The molecule has 2 rings (SSSR count). The molecule has 2 N–H and O–H groups in total. The highest BCUT2D eigenvalue weighted by atomic mass is 16.3. The minimum absolute atomic E-state index is 0.139. The summed E-state index contributed by atoms with van der Waals surface area (Å²) in [4.78, 5) is 25.4. The zero-order valence-corrected chi connectivity index (χ0v) is 13.2. The summed E-state index contributed by atoms with van der Waals surface area (Å²) in [6, 6.07) is 7.08. The standard InChI is InChI=1S/C17H24N2O3/c1-12(2)15(20)9-10-18-17(22)13-5-7-14(8-6-13)19-11-3-4-16(19)21/h5-8,12,15,20H,3-4,9-11H2,1-2H3,(H,18,22). The highest BCUT2D eigenvalue weighted by Gasteiger charge is 2.21. The molecule has 2 amide bonds. The van der Waals surface area contributed by atoms with Crippen molar-refractivity contribution in [2.24, 2.45) is 5.92 Å². The Balaban J connectivity index is 1.87. The van der Waals surface area contributed by atoms with Gasteiger partial charge in [0.15, 0.2) is 0 Å². The van der Waals surface area contributed by atoms with E-state index in [9.17, 15) is 14.7 Å². The van der Waals surface area contributed by atoms with Gasteiger partial charge in [-0.15, -0.1) is 0 Å². The first-order valence-electron chi connectivity index (χ1n) is 7.85. The first-order valence-corrected chi connectivity index (χ1v) is 7.85. The van der Waals surface area contributed by atoms with E-state index >= 15 is 0 Å². The normalized spacial score (nSPS) is 16.2. The zero-order valence-electron chi connectivity index (χ0n) is 13.2. The number of amides is 2. The molecule has 0 aromatic heterocycles. The maximum absolute atomic E-state index is 12.0. The molecule has 120 valence electrons. The van der Waals surface area contributed by atoms with Gasteiger partial charge in [0, 0.05) is 30.8 Å². The maximum Gasteiger partial charge on any atom is 0.251 e. The van der Waals surface area contributed by atoms with E-state index in [1.54, 1.807) is 29.2 Å². The molecule has 1 aliphatic rings. The number of nitrogens with one attached hydrogen (secondary N) is 1. The molecule has 1 fully saturated rings. The molecular weight excluding hydrogens is 280 g/mol. The molecule has 22 heavy (non-hydrogen) atoms. The van der Waals surface area contributed by atoms with Crippen LogP contribution in [0.1, 0.15) is 43.5 Å². The third-order valence-electron chi connectivity index (χ3n) is 4.01. The number of aliphatic hydroxyl groups excluding tert-OH is 1. The third kappa shape index (κ3) is 4.07. The Morgan fingerprint density at radius 2 is 2.00 bits per heavy atom. The van der Waals surface area contributed by atoms with Crippen LogP contribution in [0.3, 0.4) is 0 Å². The fourth-order valence-corrected chi connectivity index (χ4v) is 2.48. The molecule has 5 nitrogen and oxygen atoms in total. The summed E-state index contributed by atoms with van der Waals surface area (Å²) < 4.78 is 0. The predicted molar refractivity (Wildman–Crippen MR) is 85.8 cm³/mol. The summed E-state index contributed by atoms with van der Waals surface area (Å²) in [7, 11) is 0. The second-order valence-corrected chi connectivity index (χ2v) is 6.05. The van der Waals surface area contributed by atoms with Gasteiger partial charge in [-0.25, -0.2) is 0 Å². The van der Waals surface area contributed by atoms with E-state index in [2.05, 4.69) is 5.32 Å². The van der Waals surface area contributed by atoms with Crippen LogP contribution < -0.4 is 10.2 Å². The van der Waals surface area contributed by atoms with Crippen molar-refractivity contribution in [3.63, 3.8) is 0 Å². The molecule has 1 aliphatic heterocycles. The van der Waals surface area contributed by atoms with Crippen LogP contribution in [0.2, 0.25) is 0 Å². The summed E-state index contributed by atoms with van der Waals surface area (Å²) in [5.74, 6) is 0.171. The van der Waals surface area contributed by atoms with Crippen LogP contribution in [-0.2, 0) is 4.79 Å². The van der Waals surface area contributed by atoms with E-state index in [4.69, 9.17) is 0 Å². The topological polar surface area (TPSA) is 69.6 Å². The van der Waals surface area contributed by atoms with Crippen molar-refractivity contribution in [3.05, 3.63) is 29.8 Å². The van der Waals surface area contributed by atoms with Gasteiger partial charge in [-0.3, -0.25) is 9.59 Å². The number of carbonyl (C=O) groups excluding carboxylic acids is 2. The predicted octanol–water partition coefficient (Wildman–Crippen LogP) is 1.95. The van der Waals surface area contributed by atoms with Crippen molar-refractivity contribution in [1.29, 1.82) is 0 Å². The molecule has 0 aliphatic carbocycles. The molecule has 1 saturated heterocycles. The van der Waals surface area contributed by atoms with Gasteiger partial charge in [-0.05, 0) is 43.0 Å². The molecule has 1 aromatic carbocycles. The number of aliphatic hydroxyl groups is 1. The van der Waals surface area contributed by atoms with Crippen LogP contribution in [0.15, 0.2) is 24.3 Å². The van der Waals surface area contributed by atoms with Gasteiger partial charge in [0.25, 0.3) is 5.91 Å². The number of hydrogen-bond acceptors (Lipinski definition) is 3. The lowest BCUT2D eigenvalue weighted by Crippen LogP contribution is -2.29. The summed E-state index contributed by atoms with van der Waals surface area (Å²) in [5.41, 5.74) is 1.41. The van der Waals surface area contributed by atoms with Crippen molar-refractivity contribution >= 4 is 17.5 Å². The summed E-state index contributed by atoms with van der Waals surface area (Å²) in [6.07, 6.45) is 1.63. The smallest absolute Gasteiger partial charge is 0.251 e. The number of rotatable bonds is 6. The maximum atomic E-state index is 12.0. The molecular formula is C17H24N2O3. The quantitative estimate of drug-likeness (QED) is 0.844. The highest BCUT2D eigenvalue weighted by Crippen LogP contribution is 2.21. The Kier molecular flexibility index (Phi) is 5.55. The fourth-order valence-electron chi connectivity index (χ4n) is 2.48. The van der Waals surface area contributed by atoms with Gasteiger partial charge < -0.3 is 15.3 Å². The van der Waals surface area contributed by atoms with E-state index in [1.165, 1.54) is 0 Å². The second-order valence-electron chi connectivity index (χ2n) is 6.05. The minimum Gasteiger partial charge on any atom is -0.393 e. The summed E-state index contributed by atoms with van der Waals surface area (Å²) in [5, 5.41) is 12.5. The summed E-state index contributed by atoms with van der Waals surface area (Å²) >= 11 is 0. The zero-order chi connectivity index (χ0) is 16.1. The van der Waals surface area contributed by atoms with Crippen LogP contribution in [0, 0.1) is 5.92 Å². The van der Waals surface area contributed by atoms with E-state index in [-0.39, 0.29) is 17.7 Å². The number of hydrogen-bond donors (Lipinski definition) is 2. The number of benzene rings is 1. The lowest BCUT2D eigenvalue weighted by Gasteiger charge is -2.16. The number of carbonyl (C=O) groups is 2. The minimum atomic E-state index is -0.399. The van der Waals surface area contributed by atoms with Crippen LogP contribution >= 0.6 is 0 Å². The van der Waals surface area contributed by atoms with Gasteiger partial charge >= 0.3 is 0 Å². The van der Waals surface area contributed by atoms with E-state index < -0.39 is 6.10 Å². The molecule has 5 heteroatoms. The molecule has 1 atom stereocenters. The Hall–Kier alpha value is -1.88. The first-order chi connectivity index (χ1) is 10.5. The molecule has 0 spiro atoms. The van der Waals surface area contributed by atoms with Gasteiger partial charge in [0.05, 0.1) is 6.10 Å². The number of nitrogens with zero attached hydrogens (tertiary/aromatic N) is 1. The van der Waals surface area contributed by atoms with E-state index in [0.29, 0.717) is 24.9 Å². The monoisotopic (exact) mass is 304 g/mol. The average molecular weight is 304 g/mol. The Labute approximate surface area is 131 Å². The van der Waals surface area contributed by atoms with Crippen molar-refractivity contribution in [3.8, 4) is 0 Å². The van der Waals surface area contributed by atoms with Gasteiger partial charge in [-0.2, -0.15) is 0 Å². The molecule has 1 unspecified atom stereocenters. The molecule has 1 aromatic rings. The van der Waals surface area contributed by atoms with Crippen molar-refractivity contribution in [2.45, 2.75) is 39.2 Å². The molecule has 0 bridgehead atoms. The van der Waals surface area contributed by atoms with Gasteiger partial charge in [0.1, 0.15) is 0 Å². The van der Waals surface area contributed by atoms with Crippen molar-refractivity contribution in [2.75, 3.05) is 18.0 Å². The molecule has 0 saturated carbocycles. The van der Waals surface area contributed by atoms with Crippen LogP contribution in [0.4, 0.5) is 5.69 Å². The molecule has 1 heterocycles. The van der Waals surface area contributed by atoms with E-state index in [0.717, 1.165) is 18.7 Å². The summed E-state index contributed by atoms with van der Waals surface area (Å²) in [6.45, 7) is 5.09. The van der Waals surface area contributed by atoms with Crippen LogP contribution in [0.5, 0.6) is 0 Å². The third-order valence-corrected chi connectivity index (χ3v) is 4.01. The van der Waals surface area contributed by atoms with E-state index in [1.807, 2.05) is 13.8 Å². The SMILES string of the molecule is CC(C)C(O)CCNC(=O)c1ccc(N2CCCC2=O)cc1. The average Bonchev–Trinajstić information content (AvgIpc) is 2.93. The first kappa shape index (κ1) is 16.5. The molecule has 0 radical (unpaired) electrons. The van der Waals surface area contributed by atoms with Crippen LogP contribution in [0.25, 0.3) is 0 Å². The lowest BCUT2D eigenvalue weighted by molar-refractivity contribution is -0.117. The lowest BCUT2D eigenvalue weighted by atomic mass is 10.0. The highest BCUT2D eigenvalue weighted by molar-refractivity contribution is 5.97. The Bertz CT molecular complexity index is 525. The second kappa shape index (κ2) is 7.40.